The molecule has 2 aliphatic heterocycles. The molecule has 0 radical (unpaired) electrons. The predicted octanol–water partition coefficient (Wildman–Crippen LogP) is 3.78. The van der Waals surface area contributed by atoms with E-state index < -0.39 is 5.79 Å². The van der Waals surface area contributed by atoms with Gasteiger partial charge in [-0.2, -0.15) is 0 Å². The average Bonchev–Trinajstić information content (AvgIpc) is 3.01. The third kappa shape index (κ3) is 2.81. The van der Waals surface area contributed by atoms with Crippen LogP contribution in [0, 0.1) is 0 Å². The standard InChI is InChI=1S/C20H18O3/c1-3-7-16(8-4-1)19(17-9-5-2-6-10-17)18-11-12-20(23-18)15-21-13-14-22-20/h1-12H,13-15H2. The number of rotatable bonds is 2. The number of ether oxygens (including phenoxy) is 3. The van der Waals surface area contributed by atoms with Crippen LogP contribution in [0.25, 0.3) is 5.57 Å². The monoisotopic (exact) mass is 306 g/mol. The van der Waals surface area contributed by atoms with Crippen LogP contribution < -0.4 is 0 Å². The lowest BCUT2D eigenvalue weighted by atomic mass is 9.97. The molecule has 2 aromatic rings. The maximum Gasteiger partial charge on any atom is 0.254 e. The smallest absolute Gasteiger partial charge is 0.254 e. The summed E-state index contributed by atoms with van der Waals surface area (Å²) >= 11 is 0. The van der Waals surface area contributed by atoms with Crippen LogP contribution in [0.5, 0.6) is 0 Å². The molecule has 1 saturated heterocycles. The summed E-state index contributed by atoms with van der Waals surface area (Å²) in [7, 11) is 0. The topological polar surface area (TPSA) is 27.7 Å². The third-order valence-electron chi connectivity index (χ3n) is 4.02. The van der Waals surface area contributed by atoms with Crippen molar-refractivity contribution in [3.8, 4) is 0 Å². The highest BCUT2D eigenvalue weighted by molar-refractivity contribution is 5.83. The second kappa shape index (κ2) is 6.03. The molecule has 3 heteroatoms. The van der Waals surface area contributed by atoms with Crippen LogP contribution >= 0.6 is 0 Å². The molecule has 0 amide bonds. The van der Waals surface area contributed by atoms with Crippen molar-refractivity contribution in [3.63, 3.8) is 0 Å². The van der Waals surface area contributed by atoms with E-state index in [4.69, 9.17) is 14.2 Å². The molecular formula is C20H18O3. The minimum absolute atomic E-state index is 0.420. The Kier molecular flexibility index (Phi) is 3.74. The second-order valence-electron chi connectivity index (χ2n) is 5.62. The summed E-state index contributed by atoms with van der Waals surface area (Å²) in [6, 6.07) is 20.5. The Bertz CT molecular complexity index is 684. The Labute approximate surface area is 135 Å². The third-order valence-corrected chi connectivity index (χ3v) is 4.02. The Morgan fingerprint density at radius 1 is 0.826 bits per heavy atom. The van der Waals surface area contributed by atoms with E-state index in [-0.39, 0.29) is 0 Å². The minimum atomic E-state index is -0.775. The molecule has 2 heterocycles. The van der Waals surface area contributed by atoms with Gasteiger partial charge in [-0.3, -0.25) is 0 Å². The molecule has 1 unspecified atom stereocenters. The van der Waals surface area contributed by atoms with E-state index in [1.165, 1.54) is 0 Å². The maximum atomic E-state index is 6.18. The first-order valence-electron chi connectivity index (χ1n) is 7.81. The van der Waals surface area contributed by atoms with Crippen LogP contribution in [-0.4, -0.2) is 25.6 Å². The summed E-state index contributed by atoms with van der Waals surface area (Å²) in [5.74, 6) is 0.0375. The Balaban J connectivity index is 1.79. The molecule has 0 saturated carbocycles. The van der Waals surface area contributed by atoms with Gasteiger partial charge in [0.1, 0.15) is 12.4 Å². The molecular weight excluding hydrogens is 288 g/mol. The van der Waals surface area contributed by atoms with Gasteiger partial charge in [0.05, 0.1) is 13.2 Å². The van der Waals surface area contributed by atoms with Gasteiger partial charge in [0, 0.05) is 5.57 Å². The van der Waals surface area contributed by atoms with Gasteiger partial charge < -0.3 is 14.2 Å². The zero-order chi connectivity index (χ0) is 15.5. The molecule has 2 aromatic carbocycles. The fourth-order valence-corrected chi connectivity index (χ4v) is 2.94. The molecule has 2 aliphatic rings. The van der Waals surface area contributed by atoms with Gasteiger partial charge in [-0.1, -0.05) is 60.7 Å². The van der Waals surface area contributed by atoms with Crippen LogP contribution in [0.2, 0.25) is 0 Å². The van der Waals surface area contributed by atoms with Gasteiger partial charge in [0.15, 0.2) is 0 Å². The van der Waals surface area contributed by atoms with Gasteiger partial charge >= 0.3 is 0 Å². The van der Waals surface area contributed by atoms with Crippen molar-refractivity contribution < 1.29 is 14.2 Å². The van der Waals surface area contributed by atoms with Crippen LogP contribution in [0.4, 0.5) is 0 Å². The van der Waals surface area contributed by atoms with Crippen molar-refractivity contribution in [2.75, 3.05) is 19.8 Å². The lowest BCUT2D eigenvalue weighted by molar-refractivity contribution is -0.239. The maximum absolute atomic E-state index is 6.18. The van der Waals surface area contributed by atoms with E-state index in [1.54, 1.807) is 0 Å². The molecule has 0 aliphatic carbocycles. The first-order chi connectivity index (χ1) is 11.4. The summed E-state index contributed by atoms with van der Waals surface area (Å²) in [6.45, 7) is 1.58. The molecule has 1 atom stereocenters. The highest BCUT2D eigenvalue weighted by Crippen LogP contribution is 2.36. The molecule has 0 N–H and O–H groups in total. The Hall–Kier alpha value is -2.36. The van der Waals surface area contributed by atoms with Crippen molar-refractivity contribution in [1.82, 2.24) is 0 Å². The molecule has 0 aromatic heterocycles. The van der Waals surface area contributed by atoms with Gasteiger partial charge in [0.2, 0.25) is 0 Å². The molecule has 116 valence electrons. The summed E-state index contributed by atoms with van der Waals surface area (Å²) in [5, 5.41) is 0. The minimum Gasteiger partial charge on any atom is -0.455 e. The lowest BCUT2D eigenvalue weighted by Crippen LogP contribution is -2.41. The van der Waals surface area contributed by atoms with Crippen LogP contribution in [0.3, 0.4) is 0 Å². The van der Waals surface area contributed by atoms with Gasteiger partial charge in [-0.15, -0.1) is 0 Å². The summed E-state index contributed by atoms with van der Waals surface area (Å²) in [6.07, 6.45) is 3.94. The van der Waals surface area contributed by atoms with Gasteiger partial charge in [-0.25, -0.2) is 0 Å². The van der Waals surface area contributed by atoms with E-state index in [0.717, 1.165) is 22.5 Å². The highest BCUT2D eigenvalue weighted by atomic mass is 16.7. The first-order valence-corrected chi connectivity index (χ1v) is 7.81. The molecule has 4 rings (SSSR count). The lowest BCUT2D eigenvalue weighted by Gasteiger charge is -2.31. The van der Waals surface area contributed by atoms with Crippen molar-refractivity contribution >= 4 is 5.57 Å². The number of hydrogen-bond acceptors (Lipinski definition) is 3. The van der Waals surface area contributed by atoms with Gasteiger partial charge in [0.25, 0.3) is 5.79 Å². The zero-order valence-corrected chi connectivity index (χ0v) is 12.8. The predicted molar refractivity (Wildman–Crippen MR) is 88.6 cm³/mol. The summed E-state index contributed by atoms with van der Waals surface area (Å²) in [5.41, 5.74) is 3.30. The highest BCUT2D eigenvalue weighted by Gasteiger charge is 2.39. The number of hydrogen-bond donors (Lipinski definition) is 0. The fraction of sp³-hybridized carbons (Fsp3) is 0.200. The first kappa shape index (κ1) is 14.2. The molecule has 1 fully saturated rings. The van der Waals surface area contributed by atoms with Crippen molar-refractivity contribution in [2.24, 2.45) is 0 Å². The van der Waals surface area contributed by atoms with E-state index in [2.05, 4.69) is 24.3 Å². The van der Waals surface area contributed by atoms with Crippen LogP contribution in [0.1, 0.15) is 11.1 Å². The Morgan fingerprint density at radius 3 is 2.04 bits per heavy atom. The van der Waals surface area contributed by atoms with E-state index in [0.29, 0.717) is 19.8 Å². The average molecular weight is 306 g/mol. The van der Waals surface area contributed by atoms with E-state index in [9.17, 15) is 0 Å². The molecule has 1 spiro atoms. The molecule has 0 bridgehead atoms. The number of allylic oxidation sites excluding steroid dienone is 1. The Morgan fingerprint density at radius 2 is 1.48 bits per heavy atom. The van der Waals surface area contributed by atoms with Crippen molar-refractivity contribution in [1.29, 1.82) is 0 Å². The molecule has 23 heavy (non-hydrogen) atoms. The van der Waals surface area contributed by atoms with Crippen molar-refractivity contribution in [3.05, 3.63) is 89.7 Å². The SMILES string of the molecule is C1=CC2(COCCO2)OC1=C(c1ccccc1)c1ccccc1. The molecule has 3 nitrogen and oxygen atoms in total. The summed E-state index contributed by atoms with van der Waals surface area (Å²) < 4.78 is 17.5. The largest absolute Gasteiger partial charge is 0.455 e. The van der Waals surface area contributed by atoms with Crippen LogP contribution in [-0.2, 0) is 14.2 Å². The van der Waals surface area contributed by atoms with Crippen LogP contribution in [0.15, 0.2) is 78.6 Å². The number of benzene rings is 2. The summed E-state index contributed by atoms with van der Waals surface area (Å²) in [4.78, 5) is 0. The zero-order valence-electron chi connectivity index (χ0n) is 12.8. The quantitative estimate of drug-likeness (QED) is 0.845. The van der Waals surface area contributed by atoms with E-state index in [1.807, 2.05) is 48.6 Å². The van der Waals surface area contributed by atoms with Crippen molar-refractivity contribution in [2.45, 2.75) is 5.79 Å². The second-order valence-corrected chi connectivity index (χ2v) is 5.62. The van der Waals surface area contributed by atoms with E-state index >= 15 is 0 Å². The van der Waals surface area contributed by atoms with Gasteiger partial charge in [-0.05, 0) is 23.3 Å². The normalized spacial score (nSPS) is 23.0. The fourth-order valence-electron chi connectivity index (χ4n) is 2.94.